The van der Waals surface area contributed by atoms with E-state index in [9.17, 15) is 8.42 Å². The molecule has 0 N–H and O–H groups in total. The van der Waals surface area contributed by atoms with Crippen LogP contribution in [0.15, 0.2) is 47.4 Å². The zero-order valence-corrected chi connectivity index (χ0v) is 14.6. The fraction of sp³-hybridized carbons (Fsp3) is 0.333. The summed E-state index contributed by atoms with van der Waals surface area (Å²) in [7, 11) is -3.63. The molecule has 1 aliphatic rings. The summed E-state index contributed by atoms with van der Waals surface area (Å²) in [6, 6.07) is 12.5. The van der Waals surface area contributed by atoms with Gasteiger partial charge in [0, 0.05) is 0 Å². The quantitative estimate of drug-likeness (QED) is 0.843. The van der Waals surface area contributed by atoms with Gasteiger partial charge in [-0.15, -0.1) is 0 Å². The second-order valence-electron chi connectivity index (χ2n) is 6.59. The molecule has 0 unspecified atom stereocenters. The van der Waals surface area contributed by atoms with E-state index in [0.717, 1.165) is 11.1 Å². The molecular weight excluding hydrogens is 310 g/mol. The van der Waals surface area contributed by atoms with E-state index in [1.165, 1.54) is 4.31 Å². The number of ether oxygens (including phenoxy) is 1. The van der Waals surface area contributed by atoms with Crippen LogP contribution in [0.25, 0.3) is 0 Å². The molecule has 1 aliphatic heterocycles. The predicted molar refractivity (Wildman–Crippen MR) is 91.6 cm³/mol. The number of aryl methyl sites for hydroxylation is 2. The van der Waals surface area contributed by atoms with E-state index >= 15 is 0 Å². The van der Waals surface area contributed by atoms with E-state index < -0.39 is 15.6 Å². The number of sulfonamides is 1. The molecule has 0 amide bonds. The minimum Gasteiger partial charge on any atom is -0.484 e. The molecule has 0 radical (unpaired) electrons. The van der Waals surface area contributed by atoms with Crippen molar-refractivity contribution in [2.75, 3.05) is 10.8 Å². The third-order valence-corrected chi connectivity index (χ3v) is 5.87. The van der Waals surface area contributed by atoms with Gasteiger partial charge in [-0.2, -0.15) is 0 Å². The van der Waals surface area contributed by atoms with Gasteiger partial charge in [0.1, 0.15) is 11.4 Å². The molecule has 5 heteroatoms. The van der Waals surface area contributed by atoms with Crippen LogP contribution in [0.4, 0.5) is 5.69 Å². The second-order valence-corrected chi connectivity index (χ2v) is 8.45. The second kappa shape index (κ2) is 5.27. The normalized spacial score (nSPS) is 16.6. The molecule has 1 heterocycles. The van der Waals surface area contributed by atoms with Gasteiger partial charge in [0.25, 0.3) is 10.0 Å². The Bertz CT molecular complexity index is 856. The molecule has 0 saturated carbocycles. The highest BCUT2D eigenvalue weighted by Gasteiger charge is 2.38. The average Bonchev–Trinajstić information content (AvgIpc) is 2.48. The molecule has 0 spiro atoms. The lowest BCUT2D eigenvalue weighted by atomic mass is 10.1. The molecule has 0 aromatic heterocycles. The average molecular weight is 331 g/mol. The molecule has 23 heavy (non-hydrogen) atoms. The molecule has 0 atom stereocenters. The number of hydrogen-bond donors (Lipinski definition) is 0. The molecular formula is C18H21NO3S. The highest BCUT2D eigenvalue weighted by molar-refractivity contribution is 7.92. The number of fused-ring (bicyclic) bond motifs is 1. The van der Waals surface area contributed by atoms with E-state index in [4.69, 9.17) is 4.74 Å². The summed E-state index contributed by atoms with van der Waals surface area (Å²) in [6.45, 7) is 7.96. The van der Waals surface area contributed by atoms with Crippen LogP contribution in [-0.4, -0.2) is 20.6 Å². The van der Waals surface area contributed by atoms with Gasteiger partial charge in [0.05, 0.1) is 17.1 Å². The molecule has 0 bridgehead atoms. The van der Waals surface area contributed by atoms with E-state index in [1.54, 1.807) is 24.3 Å². The van der Waals surface area contributed by atoms with Crippen molar-refractivity contribution in [3.63, 3.8) is 0 Å². The minimum atomic E-state index is -3.63. The minimum absolute atomic E-state index is 0.277. The Morgan fingerprint density at radius 2 is 1.74 bits per heavy atom. The lowest BCUT2D eigenvalue weighted by molar-refractivity contribution is 0.110. The lowest BCUT2D eigenvalue weighted by Gasteiger charge is -2.40. The lowest BCUT2D eigenvalue weighted by Crippen LogP contribution is -2.49. The van der Waals surface area contributed by atoms with Crippen molar-refractivity contribution in [1.82, 2.24) is 0 Å². The SMILES string of the molecule is Cc1ccc(S(=O)(=O)N2CC(C)(C)Oc3ccccc32)cc1C. The maximum atomic E-state index is 13.2. The Hall–Kier alpha value is -2.01. The fourth-order valence-electron chi connectivity index (χ4n) is 2.73. The maximum absolute atomic E-state index is 13.2. The van der Waals surface area contributed by atoms with E-state index in [0.29, 0.717) is 16.3 Å². The summed E-state index contributed by atoms with van der Waals surface area (Å²) >= 11 is 0. The summed E-state index contributed by atoms with van der Waals surface area (Å²) in [4.78, 5) is 0.313. The Morgan fingerprint density at radius 1 is 1.04 bits per heavy atom. The van der Waals surface area contributed by atoms with Crippen molar-refractivity contribution in [3.05, 3.63) is 53.6 Å². The van der Waals surface area contributed by atoms with Gasteiger partial charge in [0.2, 0.25) is 0 Å². The molecule has 3 rings (SSSR count). The Morgan fingerprint density at radius 3 is 2.43 bits per heavy atom. The largest absolute Gasteiger partial charge is 0.484 e. The number of para-hydroxylation sites is 2. The van der Waals surface area contributed by atoms with Crippen LogP contribution in [-0.2, 0) is 10.0 Å². The van der Waals surface area contributed by atoms with Gasteiger partial charge < -0.3 is 4.74 Å². The molecule has 0 fully saturated rings. The first-order valence-corrected chi connectivity index (χ1v) is 9.03. The molecule has 2 aromatic rings. The van der Waals surface area contributed by atoms with E-state index in [2.05, 4.69) is 0 Å². The Labute approximate surface area is 137 Å². The van der Waals surface area contributed by atoms with Crippen LogP contribution in [0, 0.1) is 13.8 Å². The fourth-order valence-corrected chi connectivity index (χ4v) is 4.44. The van der Waals surface area contributed by atoms with Crippen molar-refractivity contribution >= 4 is 15.7 Å². The number of benzene rings is 2. The van der Waals surface area contributed by atoms with Gasteiger partial charge in [-0.3, -0.25) is 4.31 Å². The van der Waals surface area contributed by atoms with Crippen LogP contribution in [0.2, 0.25) is 0 Å². The summed E-state index contributed by atoms with van der Waals surface area (Å²) in [5, 5.41) is 0. The van der Waals surface area contributed by atoms with Gasteiger partial charge in [0.15, 0.2) is 0 Å². The highest BCUT2D eigenvalue weighted by Crippen LogP contribution is 2.39. The van der Waals surface area contributed by atoms with Crippen molar-refractivity contribution < 1.29 is 13.2 Å². The Kier molecular flexibility index (Phi) is 3.64. The molecule has 0 aliphatic carbocycles. The molecule has 122 valence electrons. The topological polar surface area (TPSA) is 46.6 Å². The molecule has 2 aromatic carbocycles. The zero-order chi connectivity index (χ0) is 16.8. The van der Waals surface area contributed by atoms with Crippen molar-refractivity contribution in [2.45, 2.75) is 38.2 Å². The number of hydrogen-bond acceptors (Lipinski definition) is 3. The standard InChI is InChI=1S/C18H21NO3S/c1-13-9-10-15(11-14(13)2)23(20,21)19-12-18(3,4)22-17-8-6-5-7-16(17)19/h5-11H,12H2,1-4H3. The van der Waals surface area contributed by atoms with E-state index in [-0.39, 0.29) is 6.54 Å². The first-order chi connectivity index (χ1) is 10.7. The van der Waals surface area contributed by atoms with Gasteiger partial charge in [-0.05, 0) is 63.1 Å². The number of anilines is 1. The van der Waals surface area contributed by atoms with Crippen molar-refractivity contribution in [1.29, 1.82) is 0 Å². The summed E-state index contributed by atoms with van der Waals surface area (Å²) in [6.07, 6.45) is 0. The van der Waals surface area contributed by atoms with Crippen LogP contribution < -0.4 is 9.04 Å². The third-order valence-electron chi connectivity index (χ3n) is 4.11. The predicted octanol–water partition coefficient (Wildman–Crippen LogP) is 3.67. The van der Waals surface area contributed by atoms with Crippen LogP contribution in [0.5, 0.6) is 5.75 Å². The van der Waals surface area contributed by atoms with Crippen LogP contribution >= 0.6 is 0 Å². The summed E-state index contributed by atoms with van der Waals surface area (Å²) in [5.74, 6) is 0.594. The first kappa shape index (κ1) is 15.9. The van der Waals surface area contributed by atoms with Crippen molar-refractivity contribution in [3.8, 4) is 5.75 Å². The molecule has 4 nitrogen and oxygen atoms in total. The maximum Gasteiger partial charge on any atom is 0.264 e. The first-order valence-electron chi connectivity index (χ1n) is 7.59. The smallest absolute Gasteiger partial charge is 0.264 e. The number of nitrogens with zero attached hydrogens (tertiary/aromatic N) is 1. The van der Waals surface area contributed by atoms with Crippen LogP contribution in [0.3, 0.4) is 0 Å². The van der Waals surface area contributed by atoms with Gasteiger partial charge in [-0.25, -0.2) is 8.42 Å². The van der Waals surface area contributed by atoms with Crippen molar-refractivity contribution in [2.24, 2.45) is 0 Å². The monoisotopic (exact) mass is 331 g/mol. The molecule has 0 saturated heterocycles. The highest BCUT2D eigenvalue weighted by atomic mass is 32.2. The van der Waals surface area contributed by atoms with Gasteiger partial charge in [-0.1, -0.05) is 18.2 Å². The third kappa shape index (κ3) is 2.81. The Balaban J connectivity index is 2.14. The summed E-state index contributed by atoms with van der Waals surface area (Å²) < 4.78 is 33.7. The number of rotatable bonds is 2. The van der Waals surface area contributed by atoms with E-state index in [1.807, 2.05) is 45.9 Å². The zero-order valence-electron chi connectivity index (χ0n) is 13.8. The summed E-state index contributed by atoms with van der Waals surface area (Å²) in [5.41, 5.74) is 2.05. The van der Waals surface area contributed by atoms with Gasteiger partial charge >= 0.3 is 0 Å². The van der Waals surface area contributed by atoms with Crippen LogP contribution in [0.1, 0.15) is 25.0 Å².